The van der Waals surface area contributed by atoms with Crippen LogP contribution in [0.1, 0.15) is 34.5 Å². The third-order valence-corrected chi connectivity index (χ3v) is 6.93. The molecule has 0 aliphatic carbocycles. The van der Waals surface area contributed by atoms with Crippen LogP contribution >= 0.6 is 0 Å². The molecule has 0 aromatic heterocycles. The number of amides is 3. The van der Waals surface area contributed by atoms with Gasteiger partial charge in [-0.3, -0.25) is 19.4 Å². The van der Waals surface area contributed by atoms with Crippen LogP contribution in [0.3, 0.4) is 0 Å². The van der Waals surface area contributed by atoms with Gasteiger partial charge >= 0.3 is 0 Å². The van der Waals surface area contributed by atoms with Crippen LogP contribution in [0.4, 0.5) is 5.69 Å². The molecule has 2 saturated heterocycles. The van der Waals surface area contributed by atoms with E-state index in [-0.39, 0.29) is 0 Å². The second kappa shape index (κ2) is 10.2. The quantitative estimate of drug-likeness (QED) is 0.480. The summed E-state index contributed by atoms with van der Waals surface area (Å²) in [6.45, 7) is 4.30. The summed E-state index contributed by atoms with van der Waals surface area (Å²) < 4.78 is 16.6. The molecule has 3 aromatic rings. The molecular formula is C29H29N3O6. The van der Waals surface area contributed by atoms with Gasteiger partial charge in [-0.2, -0.15) is 0 Å². The number of nitrogens with zero attached hydrogens (tertiary/aromatic N) is 2. The van der Waals surface area contributed by atoms with Gasteiger partial charge in [0.2, 0.25) is 5.91 Å². The fourth-order valence-electron chi connectivity index (χ4n) is 5.14. The van der Waals surface area contributed by atoms with E-state index in [4.69, 9.17) is 14.2 Å². The zero-order valence-corrected chi connectivity index (χ0v) is 21.6. The average Bonchev–Trinajstić information content (AvgIpc) is 3.45. The monoisotopic (exact) mass is 515 g/mol. The molecule has 2 aliphatic heterocycles. The Morgan fingerprint density at radius 3 is 2.26 bits per heavy atom. The zero-order chi connectivity index (χ0) is 27.0. The number of aryl methyl sites for hydroxylation is 1. The van der Waals surface area contributed by atoms with E-state index in [0.29, 0.717) is 40.7 Å². The van der Waals surface area contributed by atoms with Gasteiger partial charge in [0.05, 0.1) is 38.5 Å². The standard InChI is InChI=1S/C29H29N3O6/c1-5-38-20-15-13-19(14-16-20)31-28(34)23-24(21-7-6-8-22(36-3)26(21)37-4)30-32(25(23)29(31)35)27(33)18-11-9-17(2)10-12-18/h6-16,23-25,30H,5H2,1-4H3/t23-,24+,25+/m1/s1. The molecular weight excluding hydrogens is 486 g/mol. The summed E-state index contributed by atoms with van der Waals surface area (Å²) in [5.74, 6) is -0.648. The van der Waals surface area contributed by atoms with Gasteiger partial charge in [0.15, 0.2) is 11.5 Å². The molecule has 9 heteroatoms. The Hall–Kier alpha value is -4.37. The lowest BCUT2D eigenvalue weighted by Gasteiger charge is -2.26. The average molecular weight is 516 g/mol. The van der Waals surface area contributed by atoms with Crippen molar-refractivity contribution in [2.45, 2.75) is 25.9 Å². The summed E-state index contributed by atoms with van der Waals surface area (Å²) in [5.41, 5.74) is 5.59. The predicted octanol–water partition coefficient (Wildman–Crippen LogP) is 3.67. The molecule has 0 unspecified atom stereocenters. The van der Waals surface area contributed by atoms with E-state index in [1.54, 1.807) is 54.6 Å². The number of rotatable bonds is 7. The topological polar surface area (TPSA) is 97.4 Å². The van der Waals surface area contributed by atoms with E-state index in [9.17, 15) is 14.4 Å². The summed E-state index contributed by atoms with van der Waals surface area (Å²) in [5, 5.41) is 1.29. The van der Waals surface area contributed by atoms with Crippen LogP contribution in [0.2, 0.25) is 0 Å². The van der Waals surface area contributed by atoms with Crippen LogP contribution in [0.15, 0.2) is 66.7 Å². The van der Waals surface area contributed by atoms with Gasteiger partial charge in [-0.25, -0.2) is 10.3 Å². The molecule has 196 valence electrons. The van der Waals surface area contributed by atoms with E-state index in [1.807, 2.05) is 26.0 Å². The van der Waals surface area contributed by atoms with Gasteiger partial charge in [-0.1, -0.05) is 29.8 Å². The molecule has 2 heterocycles. The normalized spacial score (nSPS) is 20.5. The Morgan fingerprint density at radius 2 is 1.63 bits per heavy atom. The Kier molecular flexibility index (Phi) is 6.77. The first-order chi connectivity index (χ1) is 18.4. The van der Waals surface area contributed by atoms with Gasteiger partial charge in [0.25, 0.3) is 11.8 Å². The molecule has 3 aromatic carbocycles. The van der Waals surface area contributed by atoms with Gasteiger partial charge in [0, 0.05) is 11.1 Å². The van der Waals surface area contributed by atoms with Gasteiger partial charge < -0.3 is 14.2 Å². The molecule has 0 bridgehead atoms. The first-order valence-corrected chi connectivity index (χ1v) is 12.4. The maximum absolute atomic E-state index is 13.9. The molecule has 0 spiro atoms. The number of anilines is 1. The molecule has 2 aliphatic rings. The van der Waals surface area contributed by atoms with Crippen LogP contribution in [0, 0.1) is 12.8 Å². The minimum atomic E-state index is -1.05. The van der Waals surface area contributed by atoms with Crippen LogP contribution in [0.5, 0.6) is 17.2 Å². The van der Waals surface area contributed by atoms with Crippen molar-refractivity contribution in [2.75, 3.05) is 25.7 Å². The van der Waals surface area contributed by atoms with E-state index < -0.39 is 35.7 Å². The van der Waals surface area contributed by atoms with E-state index in [2.05, 4.69) is 5.43 Å². The van der Waals surface area contributed by atoms with Crippen molar-refractivity contribution in [1.82, 2.24) is 10.4 Å². The number of hydrogen-bond donors (Lipinski definition) is 1. The van der Waals surface area contributed by atoms with Gasteiger partial charge in [-0.15, -0.1) is 0 Å². The third-order valence-electron chi connectivity index (χ3n) is 6.93. The predicted molar refractivity (Wildman–Crippen MR) is 140 cm³/mol. The largest absolute Gasteiger partial charge is 0.494 e. The molecule has 38 heavy (non-hydrogen) atoms. The lowest BCUT2D eigenvalue weighted by molar-refractivity contribution is -0.123. The smallest absolute Gasteiger partial charge is 0.268 e. The first-order valence-electron chi connectivity index (χ1n) is 12.4. The number of ether oxygens (including phenoxy) is 3. The number of imide groups is 1. The lowest BCUT2D eigenvalue weighted by Crippen LogP contribution is -2.48. The second-order valence-electron chi connectivity index (χ2n) is 9.14. The highest BCUT2D eigenvalue weighted by atomic mass is 16.5. The highest BCUT2D eigenvalue weighted by Gasteiger charge is 2.61. The third kappa shape index (κ3) is 4.14. The fourth-order valence-corrected chi connectivity index (χ4v) is 5.14. The van der Waals surface area contributed by atoms with Gasteiger partial charge in [-0.05, 0) is 56.3 Å². The van der Waals surface area contributed by atoms with Crippen molar-refractivity contribution in [3.63, 3.8) is 0 Å². The highest BCUT2D eigenvalue weighted by molar-refractivity contribution is 6.25. The SMILES string of the molecule is CCOc1ccc(N2C(=O)[C@H]3[C@@H](C2=O)N(C(=O)c2ccc(C)cc2)N[C@H]3c2cccc(OC)c2OC)cc1. The van der Waals surface area contributed by atoms with Crippen LogP contribution in [-0.4, -0.2) is 49.6 Å². The lowest BCUT2D eigenvalue weighted by atomic mass is 9.90. The number of fused-ring (bicyclic) bond motifs is 1. The number of carbonyl (C=O) groups is 3. The summed E-state index contributed by atoms with van der Waals surface area (Å²) in [6.07, 6.45) is 0. The highest BCUT2D eigenvalue weighted by Crippen LogP contribution is 2.46. The van der Waals surface area contributed by atoms with Crippen molar-refractivity contribution < 1.29 is 28.6 Å². The fraction of sp³-hybridized carbons (Fsp3) is 0.276. The number of methoxy groups -OCH3 is 2. The van der Waals surface area contributed by atoms with E-state index in [1.165, 1.54) is 19.2 Å². The molecule has 5 rings (SSSR count). The van der Waals surface area contributed by atoms with Crippen molar-refractivity contribution >= 4 is 23.4 Å². The van der Waals surface area contributed by atoms with Crippen molar-refractivity contribution in [2.24, 2.45) is 5.92 Å². The van der Waals surface area contributed by atoms with Crippen LogP contribution in [-0.2, 0) is 9.59 Å². The number of hydrogen-bond acceptors (Lipinski definition) is 7. The number of hydrazine groups is 1. The van der Waals surface area contributed by atoms with Crippen molar-refractivity contribution in [1.29, 1.82) is 0 Å². The number of para-hydroxylation sites is 1. The van der Waals surface area contributed by atoms with Crippen molar-refractivity contribution in [3.05, 3.63) is 83.4 Å². The Balaban J connectivity index is 1.59. The van der Waals surface area contributed by atoms with Crippen LogP contribution in [0.25, 0.3) is 0 Å². The van der Waals surface area contributed by atoms with Crippen molar-refractivity contribution in [3.8, 4) is 17.2 Å². The summed E-state index contributed by atoms with van der Waals surface area (Å²) in [6, 6.07) is 17.4. The minimum Gasteiger partial charge on any atom is -0.494 e. The summed E-state index contributed by atoms with van der Waals surface area (Å²) in [4.78, 5) is 42.6. The first kappa shape index (κ1) is 25.3. The van der Waals surface area contributed by atoms with Gasteiger partial charge in [0.1, 0.15) is 11.8 Å². The maximum Gasteiger partial charge on any atom is 0.268 e. The molecule has 3 atom stereocenters. The van der Waals surface area contributed by atoms with Crippen LogP contribution < -0.4 is 24.5 Å². The second-order valence-corrected chi connectivity index (χ2v) is 9.14. The van der Waals surface area contributed by atoms with E-state index >= 15 is 0 Å². The summed E-state index contributed by atoms with van der Waals surface area (Å²) in [7, 11) is 3.04. The minimum absolute atomic E-state index is 0.403. The molecule has 0 radical (unpaired) electrons. The Bertz CT molecular complexity index is 1370. The Labute approximate surface area is 220 Å². The number of carbonyl (C=O) groups excluding carboxylic acids is 3. The summed E-state index contributed by atoms with van der Waals surface area (Å²) >= 11 is 0. The number of benzene rings is 3. The molecule has 9 nitrogen and oxygen atoms in total. The maximum atomic E-state index is 13.9. The molecule has 3 amide bonds. The van der Waals surface area contributed by atoms with E-state index in [0.717, 1.165) is 10.5 Å². The molecule has 2 fully saturated rings. The Morgan fingerprint density at radius 1 is 0.921 bits per heavy atom. The molecule has 0 saturated carbocycles. The molecule has 1 N–H and O–H groups in total. The zero-order valence-electron chi connectivity index (χ0n) is 21.6. The number of nitrogens with one attached hydrogen (secondary N) is 1.